The van der Waals surface area contributed by atoms with Gasteiger partial charge in [0.1, 0.15) is 12.4 Å². The number of benzene rings is 4. The maximum Gasteiger partial charge on any atom is 0.273 e. The summed E-state index contributed by atoms with van der Waals surface area (Å²) in [6.45, 7) is 4.89. The number of amides is 2. The van der Waals surface area contributed by atoms with Crippen LogP contribution in [0, 0.1) is 5.92 Å². The van der Waals surface area contributed by atoms with Crippen molar-refractivity contribution < 1.29 is 27.9 Å². The van der Waals surface area contributed by atoms with Gasteiger partial charge in [-0.3, -0.25) is 19.0 Å². The van der Waals surface area contributed by atoms with E-state index >= 15 is 0 Å². The number of nitrogens with one attached hydrogen (secondary N) is 1. The Morgan fingerprint density at radius 1 is 0.979 bits per heavy atom. The molecule has 1 N–H and O–H groups in total. The summed E-state index contributed by atoms with van der Waals surface area (Å²) in [5, 5.41) is 8.88. The highest BCUT2D eigenvalue weighted by Crippen LogP contribution is 2.33. The minimum Gasteiger partial charge on any atom is -0.488 e. The third-order valence-electron chi connectivity index (χ3n) is 7.90. The highest BCUT2D eigenvalue weighted by atomic mass is 19.3. The summed E-state index contributed by atoms with van der Waals surface area (Å²) in [6.07, 6.45) is 1.80. The maximum absolute atomic E-state index is 14.2. The minimum atomic E-state index is -3.01. The Bertz CT molecular complexity index is 1940. The summed E-state index contributed by atoms with van der Waals surface area (Å²) in [5.41, 5.74) is 2.60. The van der Waals surface area contributed by atoms with Crippen LogP contribution in [0.25, 0.3) is 10.9 Å². The van der Waals surface area contributed by atoms with E-state index in [1.54, 1.807) is 68.6 Å². The molecule has 0 saturated carbocycles. The van der Waals surface area contributed by atoms with Gasteiger partial charge in [0.2, 0.25) is 12.3 Å². The van der Waals surface area contributed by atoms with E-state index in [1.165, 1.54) is 35.8 Å². The van der Waals surface area contributed by atoms with Crippen LogP contribution in [0.2, 0.25) is 0 Å². The Morgan fingerprint density at radius 3 is 2.47 bits per heavy atom. The first kappa shape index (κ1) is 32.7. The van der Waals surface area contributed by atoms with E-state index in [0.29, 0.717) is 41.2 Å². The Morgan fingerprint density at radius 2 is 1.72 bits per heavy atom. The molecular weight excluding hydrogens is 602 g/mol. The highest BCUT2D eigenvalue weighted by Gasteiger charge is 2.29. The second kappa shape index (κ2) is 14.2. The molecule has 1 unspecified atom stereocenters. The number of carbonyl (C=O) groups excluding carboxylic acids is 3. The molecule has 0 aliphatic heterocycles. The van der Waals surface area contributed by atoms with Crippen LogP contribution in [0.5, 0.6) is 5.75 Å². The second-order valence-electron chi connectivity index (χ2n) is 11.0. The molecule has 10 heteroatoms. The fourth-order valence-corrected chi connectivity index (χ4v) is 4.94. The first-order valence-corrected chi connectivity index (χ1v) is 15.1. The molecule has 4 aromatic carbocycles. The Hall–Kier alpha value is -5.64. The van der Waals surface area contributed by atoms with E-state index < -0.39 is 17.7 Å². The third kappa shape index (κ3) is 7.44. The number of nitrogens with zero attached hydrogens (tertiary/aromatic N) is 3. The van der Waals surface area contributed by atoms with Gasteiger partial charge >= 0.3 is 0 Å². The van der Waals surface area contributed by atoms with Crippen LogP contribution < -0.4 is 15.1 Å². The van der Waals surface area contributed by atoms with Gasteiger partial charge in [0, 0.05) is 35.0 Å². The van der Waals surface area contributed by atoms with Crippen molar-refractivity contribution >= 4 is 46.2 Å². The van der Waals surface area contributed by atoms with Crippen molar-refractivity contribution in [3.05, 3.63) is 126 Å². The summed E-state index contributed by atoms with van der Waals surface area (Å²) in [7, 11) is 0. The predicted octanol–water partition coefficient (Wildman–Crippen LogP) is 8.02. The molecule has 0 bridgehead atoms. The van der Waals surface area contributed by atoms with Crippen molar-refractivity contribution in [2.75, 3.05) is 10.3 Å². The normalized spacial score (nSPS) is 12.4. The number of alkyl halides is 2. The van der Waals surface area contributed by atoms with E-state index in [2.05, 4.69) is 10.4 Å². The van der Waals surface area contributed by atoms with E-state index in [-0.39, 0.29) is 23.6 Å². The third-order valence-corrected chi connectivity index (χ3v) is 7.90. The second-order valence-corrected chi connectivity index (χ2v) is 11.0. The Balaban J connectivity index is 1.35. The van der Waals surface area contributed by atoms with Gasteiger partial charge in [0.05, 0.1) is 22.7 Å². The number of carbonyl (C=O) groups is 3. The van der Waals surface area contributed by atoms with Gasteiger partial charge in [-0.25, -0.2) is 13.8 Å². The molecule has 1 aromatic heterocycles. The van der Waals surface area contributed by atoms with Gasteiger partial charge in [-0.1, -0.05) is 67.6 Å². The average Bonchev–Trinajstić information content (AvgIpc) is 3.53. The lowest BCUT2D eigenvalue weighted by Gasteiger charge is -2.18. The Labute approximate surface area is 271 Å². The number of rotatable bonds is 12. The number of hydrazone groups is 1. The van der Waals surface area contributed by atoms with Gasteiger partial charge in [-0.2, -0.15) is 5.10 Å². The topological polar surface area (TPSA) is 93.0 Å². The lowest BCUT2D eigenvalue weighted by atomic mass is 10.0. The molecule has 5 aromatic rings. The van der Waals surface area contributed by atoms with Crippen molar-refractivity contribution in [2.45, 2.75) is 39.7 Å². The van der Waals surface area contributed by atoms with E-state index in [1.807, 2.05) is 30.3 Å². The summed E-state index contributed by atoms with van der Waals surface area (Å²) in [4.78, 5) is 39.0. The number of hydrogen-bond donors (Lipinski definition) is 1. The number of halogens is 2. The molecule has 2 amide bonds. The number of ether oxygens (including phenoxy) is 1. The molecule has 0 radical (unpaired) electrons. The lowest BCUT2D eigenvalue weighted by molar-refractivity contribution is -0.117. The van der Waals surface area contributed by atoms with Gasteiger partial charge in [-0.15, -0.1) is 0 Å². The molecule has 1 atom stereocenters. The zero-order valence-electron chi connectivity index (χ0n) is 26.2. The molecule has 47 heavy (non-hydrogen) atoms. The standard InChI is InChI=1S/C37H34F2N4O4/c1-4-37(38,39)29-13-10-14-30(21-29)40-35(45)25(2)26(3)41-43(24-44)31-18-17-28-19-20-42(33(28)22-31)36(46)32-15-8-9-16-34(32)47-23-27-11-6-5-7-12-27/h5-22,24-25H,4,23H2,1-3H3,(H,40,45)/b41-26-. The molecule has 8 nitrogen and oxygen atoms in total. The van der Waals surface area contributed by atoms with E-state index in [4.69, 9.17) is 4.74 Å². The average molecular weight is 637 g/mol. The first-order chi connectivity index (χ1) is 22.6. The number of para-hydroxylation sites is 1. The predicted molar refractivity (Wildman–Crippen MR) is 179 cm³/mol. The van der Waals surface area contributed by atoms with Crippen LogP contribution in [0.4, 0.5) is 20.2 Å². The maximum atomic E-state index is 14.2. The van der Waals surface area contributed by atoms with Crippen molar-refractivity contribution in [2.24, 2.45) is 11.0 Å². The number of anilines is 2. The Kier molecular flexibility index (Phi) is 9.89. The van der Waals surface area contributed by atoms with Gasteiger partial charge in [0.25, 0.3) is 11.8 Å². The van der Waals surface area contributed by atoms with Crippen LogP contribution in [-0.4, -0.2) is 28.5 Å². The van der Waals surface area contributed by atoms with Crippen molar-refractivity contribution in [1.29, 1.82) is 0 Å². The monoisotopic (exact) mass is 636 g/mol. The molecule has 0 aliphatic rings. The quantitative estimate of drug-likeness (QED) is 0.0853. The molecule has 0 aliphatic carbocycles. The molecule has 5 rings (SSSR count). The molecule has 240 valence electrons. The summed E-state index contributed by atoms with van der Waals surface area (Å²) < 4.78 is 35.8. The number of aromatic nitrogens is 1. The minimum absolute atomic E-state index is 0.190. The van der Waals surface area contributed by atoms with Crippen molar-refractivity contribution in [1.82, 2.24) is 4.57 Å². The summed E-state index contributed by atoms with van der Waals surface area (Å²) >= 11 is 0. The first-order valence-electron chi connectivity index (χ1n) is 15.1. The smallest absolute Gasteiger partial charge is 0.273 e. The van der Waals surface area contributed by atoms with E-state index in [9.17, 15) is 23.2 Å². The van der Waals surface area contributed by atoms with Gasteiger partial charge in [0.15, 0.2) is 0 Å². The van der Waals surface area contributed by atoms with Gasteiger partial charge < -0.3 is 10.1 Å². The van der Waals surface area contributed by atoms with Crippen LogP contribution >= 0.6 is 0 Å². The van der Waals surface area contributed by atoms with Crippen LogP contribution in [0.3, 0.4) is 0 Å². The lowest BCUT2D eigenvalue weighted by Crippen LogP contribution is -2.28. The zero-order chi connectivity index (χ0) is 33.6. The zero-order valence-corrected chi connectivity index (χ0v) is 26.2. The van der Waals surface area contributed by atoms with Crippen molar-refractivity contribution in [3.63, 3.8) is 0 Å². The van der Waals surface area contributed by atoms with E-state index in [0.717, 1.165) is 16.0 Å². The molecular formula is C37H34F2N4O4. The van der Waals surface area contributed by atoms with Crippen molar-refractivity contribution in [3.8, 4) is 5.75 Å². The van der Waals surface area contributed by atoms with Crippen LogP contribution in [0.15, 0.2) is 114 Å². The number of fused-ring (bicyclic) bond motifs is 1. The SMILES string of the molecule is CCC(F)(F)c1cccc(NC(=O)C(C)/C(C)=N\N(C=O)c2ccc3ccn(C(=O)c4ccccc4OCc4ccccc4)c3c2)c1. The largest absolute Gasteiger partial charge is 0.488 e. The van der Waals surface area contributed by atoms with Crippen LogP contribution in [-0.2, 0) is 22.1 Å². The summed E-state index contributed by atoms with van der Waals surface area (Å²) in [6, 6.07) is 29.1. The molecule has 0 saturated heterocycles. The fraction of sp³-hybridized carbons (Fsp3) is 0.189. The van der Waals surface area contributed by atoms with Gasteiger partial charge in [-0.05, 0) is 61.9 Å². The fourth-order valence-electron chi connectivity index (χ4n) is 4.94. The molecule has 1 heterocycles. The van der Waals surface area contributed by atoms with Crippen LogP contribution in [0.1, 0.15) is 48.7 Å². The molecule has 0 spiro atoms. The summed E-state index contributed by atoms with van der Waals surface area (Å²) in [5.74, 6) is -4.16. The number of hydrogen-bond acceptors (Lipinski definition) is 5. The highest BCUT2D eigenvalue weighted by molar-refractivity contribution is 6.09. The molecule has 0 fully saturated rings.